The van der Waals surface area contributed by atoms with Gasteiger partial charge in [0.05, 0.1) is 23.9 Å². The number of benzene rings is 3. The number of nitrogens with zero attached hydrogens (tertiary/aromatic N) is 1. The van der Waals surface area contributed by atoms with Gasteiger partial charge in [0, 0.05) is 22.1 Å². The number of fused-ring (bicyclic) bond motifs is 1. The Kier molecular flexibility index (Phi) is 5.76. The number of esters is 1. The molecule has 5 heteroatoms. The maximum atomic E-state index is 13.1. The van der Waals surface area contributed by atoms with Crippen molar-refractivity contribution < 1.29 is 19.1 Å². The summed E-state index contributed by atoms with van der Waals surface area (Å²) in [5.74, 6) is 0.0243. The van der Waals surface area contributed by atoms with Gasteiger partial charge in [0.1, 0.15) is 12.4 Å². The van der Waals surface area contributed by atoms with Crippen molar-refractivity contribution in [3.05, 3.63) is 95.6 Å². The van der Waals surface area contributed by atoms with Crippen molar-refractivity contribution in [1.82, 2.24) is 4.98 Å². The van der Waals surface area contributed by atoms with Crippen molar-refractivity contribution in [3.8, 4) is 17.0 Å². The second kappa shape index (κ2) is 8.79. The van der Waals surface area contributed by atoms with E-state index in [0.717, 1.165) is 10.9 Å². The number of aromatic nitrogens is 1. The minimum atomic E-state index is -0.467. The Labute approximate surface area is 180 Å². The monoisotopic (exact) mass is 411 g/mol. The van der Waals surface area contributed by atoms with Gasteiger partial charge in [0.2, 0.25) is 0 Å². The highest BCUT2D eigenvalue weighted by Gasteiger charge is 2.17. The lowest BCUT2D eigenvalue weighted by molar-refractivity contribution is 0.0472. The molecular formula is C26H21NO4. The normalized spacial score (nSPS) is 10.6. The Morgan fingerprint density at radius 3 is 2.39 bits per heavy atom. The van der Waals surface area contributed by atoms with Crippen molar-refractivity contribution in [2.75, 3.05) is 7.11 Å². The number of methoxy groups -OCH3 is 1. The Hall–Kier alpha value is -3.99. The minimum absolute atomic E-state index is 0.0134. The van der Waals surface area contributed by atoms with Crippen LogP contribution in [0.2, 0.25) is 0 Å². The number of carbonyl (C=O) groups is 2. The molecule has 0 aliphatic rings. The van der Waals surface area contributed by atoms with Crippen LogP contribution in [0, 0.1) is 0 Å². The van der Waals surface area contributed by atoms with Crippen LogP contribution in [-0.4, -0.2) is 23.8 Å². The predicted molar refractivity (Wildman–Crippen MR) is 119 cm³/mol. The van der Waals surface area contributed by atoms with Gasteiger partial charge in [-0.2, -0.15) is 0 Å². The highest BCUT2D eigenvalue weighted by atomic mass is 16.5. The van der Waals surface area contributed by atoms with Crippen LogP contribution in [0.3, 0.4) is 0 Å². The van der Waals surface area contributed by atoms with E-state index in [-0.39, 0.29) is 12.4 Å². The average molecular weight is 411 g/mol. The highest BCUT2D eigenvalue weighted by molar-refractivity contribution is 6.04. The Bertz CT molecular complexity index is 1270. The van der Waals surface area contributed by atoms with Crippen LogP contribution in [0.1, 0.15) is 33.2 Å². The molecule has 4 aromatic rings. The zero-order chi connectivity index (χ0) is 21.8. The Morgan fingerprint density at radius 2 is 1.65 bits per heavy atom. The molecule has 1 heterocycles. The third-order valence-electron chi connectivity index (χ3n) is 5.05. The van der Waals surface area contributed by atoms with Gasteiger partial charge in [-0.15, -0.1) is 0 Å². The first-order valence-corrected chi connectivity index (χ1v) is 9.87. The fourth-order valence-corrected chi connectivity index (χ4v) is 3.43. The third-order valence-corrected chi connectivity index (χ3v) is 5.05. The SMILES string of the molecule is COc1ccc(C(C)=O)cc1COC(=O)c1cc(-c2ccccc2)nc2ccccc12. The first-order valence-electron chi connectivity index (χ1n) is 9.87. The summed E-state index contributed by atoms with van der Waals surface area (Å²) in [7, 11) is 1.54. The molecule has 3 aromatic carbocycles. The zero-order valence-electron chi connectivity index (χ0n) is 17.3. The summed E-state index contributed by atoms with van der Waals surface area (Å²) in [5.41, 5.74) is 3.93. The van der Waals surface area contributed by atoms with Crippen molar-refractivity contribution in [3.63, 3.8) is 0 Å². The molecule has 0 fully saturated rings. The molecule has 5 nitrogen and oxygen atoms in total. The molecule has 0 unspecified atom stereocenters. The van der Waals surface area contributed by atoms with Crippen molar-refractivity contribution >= 4 is 22.7 Å². The lowest BCUT2D eigenvalue weighted by Crippen LogP contribution is -2.08. The van der Waals surface area contributed by atoms with Crippen molar-refractivity contribution in [1.29, 1.82) is 0 Å². The first kappa shape index (κ1) is 20.3. The maximum absolute atomic E-state index is 13.1. The molecule has 0 spiro atoms. The van der Waals surface area contributed by atoms with Gasteiger partial charge in [0.15, 0.2) is 5.78 Å². The van der Waals surface area contributed by atoms with Gasteiger partial charge in [-0.25, -0.2) is 9.78 Å². The lowest BCUT2D eigenvalue weighted by atomic mass is 10.0. The van der Waals surface area contributed by atoms with Gasteiger partial charge in [-0.1, -0.05) is 48.5 Å². The molecule has 31 heavy (non-hydrogen) atoms. The number of rotatable bonds is 6. The van der Waals surface area contributed by atoms with E-state index in [4.69, 9.17) is 14.5 Å². The van der Waals surface area contributed by atoms with Crippen LogP contribution in [0.5, 0.6) is 5.75 Å². The van der Waals surface area contributed by atoms with E-state index in [9.17, 15) is 9.59 Å². The van der Waals surface area contributed by atoms with E-state index in [2.05, 4.69) is 0 Å². The van der Waals surface area contributed by atoms with E-state index >= 15 is 0 Å². The smallest absolute Gasteiger partial charge is 0.339 e. The summed E-state index contributed by atoms with van der Waals surface area (Å²) in [6.07, 6.45) is 0. The summed E-state index contributed by atoms with van der Waals surface area (Å²) in [5, 5.41) is 0.719. The molecule has 0 aliphatic heterocycles. The molecule has 0 saturated heterocycles. The number of ether oxygens (including phenoxy) is 2. The first-order chi connectivity index (χ1) is 15.1. The molecule has 4 rings (SSSR count). The number of hydrogen-bond donors (Lipinski definition) is 0. The molecule has 0 saturated carbocycles. The van der Waals surface area contributed by atoms with E-state index in [0.29, 0.717) is 33.7 Å². The second-order valence-electron chi connectivity index (χ2n) is 7.10. The quantitative estimate of drug-likeness (QED) is 0.311. The number of para-hydroxylation sites is 1. The highest BCUT2D eigenvalue weighted by Crippen LogP contribution is 2.26. The van der Waals surface area contributed by atoms with Crippen LogP contribution in [0.15, 0.2) is 78.9 Å². The summed E-state index contributed by atoms with van der Waals surface area (Å²) < 4.78 is 11.0. The molecule has 154 valence electrons. The van der Waals surface area contributed by atoms with Crippen LogP contribution >= 0.6 is 0 Å². The minimum Gasteiger partial charge on any atom is -0.496 e. The van der Waals surface area contributed by atoms with Crippen LogP contribution < -0.4 is 4.74 Å². The number of pyridine rings is 1. The van der Waals surface area contributed by atoms with E-state index in [1.165, 1.54) is 14.0 Å². The Balaban J connectivity index is 1.68. The standard InChI is InChI=1S/C26H21NO4/c1-17(28)19-12-13-25(30-2)20(14-19)16-31-26(29)22-15-24(18-8-4-3-5-9-18)27-23-11-7-6-10-21(22)23/h3-15H,16H2,1-2H3. The molecule has 0 N–H and O–H groups in total. The number of hydrogen-bond acceptors (Lipinski definition) is 5. The summed E-state index contributed by atoms with van der Waals surface area (Å²) in [6, 6.07) is 24.0. The van der Waals surface area contributed by atoms with Gasteiger partial charge in [-0.3, -0.25) is 4.79 Å². The third kappa shape index (κ3) is 4.31. The second-order valence-corrected chi connectivity index (χ2v) is 7.10. The molecule has 0 amide bonds. The molecular weight excluding hydrogens is 390 g/mol. The number of carbonyl (C=O) groups excluding carboxylic acids is 2. The Morgan fingerprint density at radius 1 is 0.903 bits per heavy atom. The molecule has 1 aromatic heterocycles. The fourth-order valence-electron chi connectivity index (χ4n) is 3.43. The summed E-state index contributed by atoms with van der Waals surface area (Å²) >= 11 is 0. The largest absolute Gasteiger partial charge is 0.496 e. The van der Waals surface area contributed by atoms with Crippen LogP contribution in [0.25, 0.3) is 22.2 Å². The van der Waals surface area contributed by atoms with E-state index in [1.54, 1.807) is 24.3 Å². The number of ketones is 1. The van der Waals surface area contributed by atoms with Crippen molar-refractivity contribution in [2.24, 2.45) is 0 Å². The molecule has 0 radical (unpaired) electrons. The van der Waals surface area contributed by atoms with E-state index in [1.807, 2.05) is 54.6 Å². The fraction of sp³-hybridized carbons (Fsp3) is 0.115. The zero-order valence-corrected chi connectivity index (χ0v) is 17.3. The molecule has 0 bridgehead atoms. The molecule has 0 atom stereocenters. The lowest BCUT2D eigenvalue weighted by Gasteiger charge is -2.12. The van der Waals surface area contributed by atoms with Crippen molar-refractivity contribution in [2.45, 2.75) is 13.5 Å². The van der Waals surface area contributed by atoms with Gasteiger partial charge < -0.3 is 9.47 Å². The summed E-state index contributed by atoms with van der Waals surface area (Å²) in [4.78, 5) is 29.5. The van der Waals surface area contributed by atoms with Crippen LogP contribution in [0.4, 0.5) is 0 Å². The molecule has 0 aliphatic carbocycles. The van der Waals surface area contributed by atoms with Crippen LogP contribution in [-0.2, 0) is 11.3 Å². The maximum Gasteiger partial charge on any atom is 0.339 e. The number of Topliss-reactive ketones (excluding diaryl/α,β-unsaturated/α-hetero) is 1. The summed E-state index contributed by atoms with van der Waals surface area (Å²) in [6.45, 7) is 1.48. The predicted octanol–water partition coefficient (Wildman–Crippen LogP) is 5.47. The van der Waals surface area contributed by atoms with Gasteiger partial charge in [-0.05, 0) is 37.3 Å². The topological polar surface area (TPSA) is 65.5 Å². The van der Waals surface area contributed by atoms with E-state index < -0.39 is 5.97 Å². The average Bonchev–Trinajstić information content (AvgIpc) is 2.82. The van der Waals surface area contributed by atoms with Gasteiger partial charge in [0.25, 0.3) is 0 Å². The van der Waals surface area contributed by atoms with Gasteiger partial charge >= 0.3 is 5.97 Å².